The van der Waals surface area contributed by atoms with Gasteiger partial charge in [-0.1, -0.05) is 12.1 Å². The Morgan fingerprint density at radius 2 is 1.86 bits per heavy atom. The number of nitrogens with one attached hydrogen (secondary N) is 1. The Morgan fingerprint density at radius 3 is 2.61 bits per heavy atom. The van der Waals surface area contributed by atoms with Crippen molar-refractivity contribution in [1.82, 2.24) is 4.57 Å². The fourth-order valence-corrected chi connectivity index (χ4v) is 3.87. The van der Waals surface area contributed by atoms with Crippen LogP contribution in [0.4, 0.5) is 15.8 Å². The first-order valence-corrected chi connectivity index (χ1v) is 9.54. The predicted octanol–water partition coefficient (Wildman–Crippen LogP) is 4.45. The van der Waals surface area contributed by atoms with Crippen LogP contribution in [0, 0.1) is 19.7 Å². The summed E-state index contributed by atoms with van der Waals surface area (Å²) in [5, 5.41) is 3.00. The number of nitrogens with zero attached hydrogens (tertiary/aromatic N) is 2. The molecule has 1 N–H and O–H groups in total. The highest BCUT2D eigenvalue weighted by molar-refractivity contribution is 5.94. The second-order valence-corrected chi connectivity index (χ2v) is 7.42. The summed E-state index contributed by atoms with van der Waals surface area (Å²) in [6, 6.07) is 14.7. The van der Waals surface area contributed by atoms with Crippen LogP contribution in [0.3, 0.4) is 0 Å². The normalized spacial score (nSPS) is 13.3. The topological polar surface area (TPSA) is 37.3 Å². The Kier molecular flexibility index (Phi) is 4.90. The monoisotopic (exact) mass is 377 g/mol. The lowest BCUT2D eigenvalue weighted by Gasteiger charge is -2.31. The third kappa shape index (κ3) is 3.79. The molecule has 4 nitrogen and oxygen atoms in total. The minimum Gasteiger partial charge on any atom is -0.364 e. The van der Waals surface area contributed by atoms with Gasteiger partial charge in [0.15, 0.2) is 0 Å². The van der Waals surface area contributed by atoms with Gasteiger partial charge < -0.3 is 14.8 Å². The van der Waals surface area contributed by atoms with Gasteiger partial charge in [0, 0.05) is 36.4 Å². The van der Waals surface area contributed by atoms with E-state index < -0.39 is 0 Å². The fraction of sp³-hybridized carbons (Fsp3) is 0.261. The van der Waals surface area contributed by atoms with E-state index in [0.29, 0.717) is 5.56 Å². The average molecular weight is 377 g/mol. The molecular formula is C23H24FN3O. The first kappa shape index (κ1) is 18.3. The maximum absolute atomic E-state index is 13.3. The summed E-state index contributed by atoms with van der Waals surface area (Å²) in [7, 11) is 0. The highest BCUT2D eigenvalue weighted by atomic mass is 19.1. The number of hydrogen-bond acceptors (Lipinski definition) is 2. The molecule has 1 aromatic heterocycles. The molecular weight excluding hydrogens is 353 g/mol. The molecule has 1 aliphatic rings. The molecule has 5 heteroatoms. The molecule has 0 radical (unpaired) electrons. The van der Waals surface area contributed by atoms with E-state index in [1.165, 1.54) is 23.5 Å². The van der Waals surface area contributed by atoms with Crippen molar-refractivity contribution in [2.45, 2.75) is 33.4 Å². The van der Waals surface area contributed by atoms with Crippen LogP contribution < -0.4 is 10.2 Å². The number of aromatic nitrogens is 1. The van der Waals surface area contributed by atoms with Crippen molar-refractivity contribution >= 4 is 17.3 Å². The lowest BCUT2D eigenvalue weighted by Crippen LogP contribution is -2.33. The van der Waals surface area contributed by atoms with Crippen molar-refractivity contribution in [2.24, 2.45) is 0 Å². The largest absolute Gasteiger partial charge is 0.364 e. The van der Waals surface area contributed by atoms with Gasteiger partial charge >= 0.3 is 0 Å². The Bertz CT molecular complexity index is 1000. The van der Waals surface area contributed by atoms with E-state index in [-0.39, 0.29) is 18.1 Å². The van der Waals surface area contributed by atoms with Gasteiger partial charge in [0.2, 0.25) is 5.91 Å². The molecule has 0 atom stereocenters. The van der Waals surface area contributed by atoms with Gasteiger partial charge in [-0.15, -0.1) is 0 Å². The van der Waals surface area contributed by atoms with Crippen molar-refractivity contribution in [3.63, 3.8) is 0 Å². The van der Waals surface area contributed by atoms with Crippen molar-refractivity contribution in [1.29, 1.82) is 0 Å². The van der Waals surface area contributed by atoms with Gasteiger partial charge in [-0.2, -0.15) is 0 Å². The van der Waals surface area contributed by atoms with Gasteiger partial charge in [0.25, 0.3) is 0 Å². The molecule has 1 aliphatic heterocycles. The van der Waals surface area contributed by atoms with E-state index in [1.54, 1.807) is 12.1 Å². The molecule has 0 bridgehead atoms. The number of halogens is 1. The van der Waals surface area contributed by atoms with Crippen LogP contribution in [0.1, 0.15) is 22.4 Å². The van der Waals surface area contributed by atoms with Gasteiger partial charge in [-0.25, -0.2) is 4.39 Å². The molecule has 3 aromatic rings. The fourth-order valence-electron chi connectivity index (χ4n) is 3.87. The van der Waals surface area contributed by atoms with Gasteiger partial charge in [-0.05, 0) is 66.9 Å². The second kappa shape index (κ2) is 7.50. The summed E-state index contributed by atoms with van der Waals surface area (Å²) in [6.07, 6.45) is 2.28. The number of hydrogen-bond donors (Lipinski definition) is 1. The van der Waals surface area contributed by atoms with E-state index in [9.17, 15) is 9.18 Å². The van der Waals surface area contributed by atoms with Crippen LogP contribution in [0.5, 0.6) is 0 Å². The Balaban J connectivity index is 1.49. The molecule has 0 unspecified atom stereocenters. The third-order valence-corrected chi connectivity index (χ3v) is 5.29. The zero-order chi connectivity index (χ0) is 19.7. The molecule has 2 aromatic carbocycles. The second-order valence-electron chi connectivity index (χ2n) is 7.42. The molecule has 1 amide bonds. The average Bonchev–Trinajstić information content (AvgIpc) is 3.12. The Morgan fingerprint density at radius 1 is 1.07 bits per heavy atom. The summed E-state index contributed by atoms with van der Waals surface area (Å²) in [5.74, 6) is -0.463. The van der Waals surface area contributed by atoms with Crippen molar-refractivity contribution in [3.05, 3.63) is 82.9 Å². The number of aryl methyl sites for hydroxylation is 2. The zero-order valence-corrected chi connectivity index (χ0v) is 16.2. The maximum atomic E-state index is 13.3. The quantitative estimate of drug-likeness (QED) is 0.730. The summed E-state index contributed by atoms with van der Waals surface area (Å²) in [6.45, 7) is 6.86. The van der Waals surface area contributed by atoms with Crippen LogP contribution >= 0.6 is 0 Å². The van der Waals surface area contributed by atoms with E-state index in [0.717, 1.165) is 36.4 Å². The smallest absolute Gasteiger partial charge is 0.228 e. The molecule has 28 heavy (non-hydrogen) atoms. The Hall–Kier alpha value is -3.08. The van der Waals surface area contributed by atoms with Crippen molar-refractivity contribution < 1.29 is 9.18 Å². The SMILES string of the molecule is Cc1cc(N2CCn3cccc3C2)cc(C)c1NC(=O)Cc1cccc(F)c1. The van der Waals surface area contributed by atoms with E-state index in [1.807, 2.05) is 13.8 Å². The summed E-state index contributed by atoms with van der Waals surface area (Å²) in [5.41, 5.74) is 6.05. The molecule has 0 saturated carbocycles. The molecule has 0 aliphatic carbocycles. The van der Waals surface area contributed by atoms with E-state index in [2.05, 4.69) is 45.2 Å². The molecule has 4 rings (SSSR count). The van der Waals surface area contributed by atoms with Crippen LogP contribution in [0.25, 0.3) is 0 Å². The summed E-state index contributed by atoms with van der Waals surface area (Å²) < 4.78 is 15.6. The van der Waals surface area contributed by atoms with E-state index >= 15 is 0 Å². The first-order chi connectivity index (χ1) is 13.5. The van der Waals surface area contributed by atoms with Crippen LogP contribution in [0.2, 0.25) is 0 Å². The predicted molar refractivity (Wildman–Crippen MR) is 110 cm³/mol. The van der Waals surface area contributed by atoms with Crippen LogP contribution in [-0.2, 0) is 24.3 Å². The number of rotatable bonds is 4. The standard InChI is InChI=1S/C23H24FN3O/c1-16-11-21(27-10-9-26-8-4-7-20(26)15-27)12-17(2)23(16)25-22(28)14-18-5-3-6-19(24)13-18/h3-8,11-13H,9-10,14-15H2,1-2H3,(H,25,28). The number of carbonyl (C=O) groups is 1. The van der Waals surface area contributed by atoms with Gasteiger partial charge in [-0.3, -0.25) is 4.79 Å². The minimum atomic E-state index is -0.324. The van der Waals surface area contributed by atoms with E-state index in [4.69, 9.17) is 0 Å². The maximum Gasteiger partial charge on any atom is 0.228 e. The number of amides is 1. The van der Waals surface area contributed by atoms with Gasteiger partial charge in [0.1, 0.15) is 5.82 Å². The molecule has 0 saturated heterocycles. The number of carbonyl (C=O) groups excluding carboxylic acids is 1. The number of benzene rings is 2. The van der Waals surface area contributed by atoms with Crippen molar-refractivity contribution in [2.75, 3.05) is 16.8 Å². The molecule has 2 heterocycles. The highest BCUT2D eigenvalue weighted by Gasteiger charge is 2.18. The third-order valence-electron chi connectivity index (χ3n) is 5.29. The van der Waals surface area contributed by atoms with Crippen LogP contribution in [-0.4, -0.2) is 17.0 Å². The van der Waals surface area contributed by atoms with Crippen molar-refractivity contribution in [3.8, 4) is 0 Å². The molecule has 144 valence electrons. The lowest BCUT2D eigenvalue weighted by molar-refractivity contribution is -0.115. The summed E-state index contributed by atoms with van der Waals surface area (Å²) in [4.78, 5) is 14.8. The highest BCUT2D eigenvalue weighted by Crippen LogP contribution is 2.29. The first-order valence-electron chi connectivity index (χ1n) is 9.54. The number of anilines is 2. The molecule has 0 spiro atoms. The van der Waals surface area contributed by atoms with Gasteiger partial charge in [0.05, 0.1) is 13.0 Å². The van der Waals surface area contributed by atoms with Crippen LogP contribution in [0.15, 0.2) is 54.7 Å². The Labute approximate surface area is 164 Å². The zero-order valence-electron chi connectivity index (χ0n) is 16.2. The lowest BCUT2D eigenvalue weighted by atomic mass is 10.1. The summed E-state index contributed by atoms with van der Waals surface area (Å²) >= 11 is 0. The number of fused-ring (bicyclic) bond motifs is 1. The molecule has 0 fully saturated rings. The minimum absolute atomic E-state index is 0.139.